The maximum Gasteiger partial charge on any atom is 0.0707 e. The van der Waals surface area contributed by atoms with E-state index in [-0.39, 0.29) is 5.60 Å². The summed E-state index contributed by atoms with van der Waals surface area (Å²) in [5, 5.41) is 3.22. The van der Waals surface area contributed by atoms with Crippen molar-refractivity contribution >= 4 is 0 Å². The van der Waals surface area contributed by atoms with E-state index in [9.17, 15) is 0 Å². The molecule has 14 heavy (non-hydrogen) atoms. The van der Waals surface area contributed by atoms with Gasteiger partial charge in [0.25, 0.3) is 0 Å². The molecule has 1 aliphatic heterocycles. The zero-order valence-corrected chi connectivity index (χ0v) is 9.51. The molecule has 1 N–H and O–H groups in total. The summed E-state index contributed by atoms with van der Waals surface area (Å²) in [4.78, 5) is 0. The van der Waals surface area contributed by atoms with Crippen LogP contribution in [0.25, 0.3) is 0 Å². The number of nitrogens with one attached hydrogen (secondary N) is 1. The van der Waals surface area contributed by atoms with Crippen molar-refractivity contribution in [1.29, 1.82) is 0 Å². The highest BCUT2D eigenvalue weighted by Crippen LogP contribution is 2.43. The van der Waals surface area contributed by atoms with E-state index < -0.39 is 0 Å². The summed E-state index contributed by atoms with van der Waals surface area (Å²) in [5.41, 5.74) is 0.286. The van der Waals surface area contributed by atoms with E-state index >= 15 is 0 Å². The molecule has 1 spiro atoms. The fraction of sp³-hybridized carbons (Fsp3) is 1.00. The average molecular weight is 197 g/mol. The van der Waals surface area contributed by atoms with Gasteiger partial charge in [0, 0.05) is 6.54 Å². The maximum absolute atomic E-state index is 6.22. The van der Waals surface area contributed by atoms with Crippen LogP contribution in [0.3, 0.4) is 0 Å². The van der Waals surface area contributed by atoms with Crippen LogP contribution in [0.15, 0.2) is 0 Å². The summed E-state index contributed by atoms with van der Waals surface area (Å²) < 4.78 is 6.22. The van der Waals surface area contributed by atoms with Gasteiger partial charge in [0.2, 0.25) is 0 Å². The lowest BCUT2D eigenvalue weighted by Gasteiger charge is -2.36. The zero-order chi connectivity index (χ0) is 10.0. The number of ether oxygens (including phenoxy) is 1. The minimum atomic E-state index is 0.286. The molecule has 0 amide bonds. The van der Waals surface area contributed by atoms with Crippen molar-refractivity contribution < 1.29 is 4.74 Å². The molecule has 2 nitrogen and oxygen atoms in total. The summed E-state index contributed by atoms with van der Waals surface area (Å²) >= 11 is 0. The van der Waals surface area contributed by atoms with E-state index in [0.29, 0.717) is 6.10 Å². The Morgan fingerprint density at radius 2 is 1.86 bits per heavy atom. The van der Waals surface area contributed by atoms with Crippen LogP contribution in [0.1, 0.15) is 45.4 Å². The van der Waals surface area contributed by atoms with Crippen LogP contribution in [0.2, 0.25) is 0 Å². The first-order valence-corrected chi connectivity index (χ1v) is 6.06. The van der Waals surface area contributed by atoms with Gasteiger partial charge in [-0.1, -0.05) is 6.92 Å². The van der Waals surface area contributed by atoms with Crippen molar-refractivity contribution in [3.05, 3.63) is 0 Å². The Bertz CT molecular complexity index is 185. The lowest BCUT2D eigenvalue weighted by atomic mass is 9.78. The van der Waals surface area contributed by atoms with Crippen LogP contribution in [0, 0.1) is 5.92 Å². The minimum Gasteiger partial charge on any atom is -0.370 e. The highest BCUT2D eigenvalue weighted by atomic mass is 16.5. The van der Waals surface area contributed by atoms with E-state index in [2.05, 4.69) is 12.2 Å². The second kappa shape index (κ2) is 4.19. The summed E-state index contributed by atoms with van der Waals surface area (Å²) in [6.07, 6.45) is 8.37. The van der Waals surface area contributed by atoms with Crippen molar-refractivity contribution in [3.63, 3.8) is 0 Å². The number of rotatable bonds is 2. The topological polar surface area (TPSA) is 21.3 Å². The molecule has 82 valence electrons. The SMILES string of the molecule is CNCC1CCC2(CCC(C)CC2)O1. The van der Waals surface area contributed by atoms with Crippen LogP contribution < -0.4 is 5.32 Å². The Balaban J connectivity index is 1.86. The van der Waals surface area contributed by atoms with Crippen molar-refractivity contribution in [3.8, 4) is 0 Å². The Kier molecular flexibility index (Phi) is 3.13. The smallest absolute Gasteiger partial charge is 0.0707 e. The van der Waals surface area contributed by atoms with Crippen molar-refractivity contribution in [2.75, 3.05) is 13.6 Å². The van der Waals surface area contributed by atoms with Crippen molar-refractivity contribution in [2.24, 2.45) is 5.92 Å². The van der Waals surface area contributed by atoms with Gasteiger partial charge in [0.05, 0.1) is 11.7 Å². The van der Waals surface area contributed by atoms with E-state index in [4.69, 9.17) is 4.74 Å². The van der Waals surface area contributed by atoms with E-state index in [0.717, 1.165) is 12.5 Å². The summed E-state index contributed by atoms with van der Waals surface area (Å²) in [6.45, 7) is 3.39. The molecule has 1 saturated heterocycles. The minimum absolute atomic E-state index is 0.286. The van der Waals surface area contributed by atoms with Gasteiger partial charge in [-0.25, -0.2) is 0 Å². The lowest BCUT2D eigenvalue weighted by molar-refractivity contribution is -0.0684. The van der Waals surface area contributed by atoms with Gasteiger partial charge in [-0.15, -0.1) is 0 Å². The summed E-state index contributed by atoms with van der Waals surface area (Å²) in [6, 6.07) is 0. The normalized spacial score (nSPS) is 43.3. The molecular weight excluding hydrogens is 174 g/mol. The molecule has 0 aromatic carbocycles. The molecule has 1 aliphatic carbocycles. The van der Waals surface area contributed by atoms with Crippen LogP contribution in [0.4, 0.5) is 0 Å². The van der Waals surface area contributed by atoms with Gasteiger partial charge in [-0.3, -0.25) is 0 Å². The first-order valence-electron chi connectivity index (χ1n) is 6.06. The van der Waals surface area contributed by atoms with Crippen LogP contribution >= 0.6 is 0 Å². The third kappa shape index (κ3) is 2.12. The van der Waals surface area contributed by atoms with Crippen molar-refractivity contribution in [1.82, 2.24) is 5.32 Å². The van der Waals surface area contributed by atoms with E-state index in [1.54, 1.807) is 0 Å². The van der Waals surface area contributed by atoms with Gasteiger partial charge >= 0.3 is 0 Å². The van der Waals surface area contributed by atoms with Crippen LogP contribution in [-0.2, 0) is 4.74 Å². The Labute approximate surface area is 87.4 Å². The molecule has 0 aromatic rings. The third-order valence-electron chi connectivity index (χ3n) is 3.96. The fourth-order valence-electron chi connectivity index (χ4n) is 2.92. The van der Waals surface area contributed by atoms with Gasteiger partial charge in [0.1, 0.15) is 0 Å². The largest absolute Gasteiger partial charge is 0.370 e. The first kappa shape index (κ1) is 10.4. The monoisotopic (exact) mass is 197 g/mol. The van der Waals surface area contributed by atoms with Gasteiger partial charge in [-0.2, -0.15) is 0 Å². The molecule has 2 heteroatoms. The fourth-order valence-corrected chi connectivity index (χ4v) is 2.92. The Morgan fingerprint density at radius 1 is 1.21 bits per heavy atom. The molecule has 1 heterocycles. The quantitative estimate of drug-likeness (QED) is 0.733. The predicted molar refractivity (Wildman–Crippen MR) is 58.4 cm³/mol. The molecule has 2 fully saturated rings. The van der Waals surface area contributed by atoms with E-state index in [1.807, 2.05) is 7.05 Å². The molecule has 1 saturated carbocycles. The molecule has 1 atom stereocenters. The second-order valence-electron chi connectivity index (χ2n) is 5.20. The third-order valence-corrected chi connectivity index (χ3v) is 3.96. The van der Waals surface area contributed by atoms with Crippen LogP contribution in [0.5, 0.6) is 0 Å². The highest BCUT2D eigenvalue weighted by molar-refractivity contribution is 4.92. The first-order chi connectivity index (χ1) is 6.74. The van der Waals surface area contributed by atoms with Crippen LogP contribution in [-0.4, -0.2) is 25.3 Å². The molecular formula is C12H23NO. The molecule has 0 radical (unpaired) electrons. The van der Waals surface area contributed by atoms with Gasteiger partial charge in [-0.05, 0) is 51.5 Å². The maximum atomic E-state index is 6.22. The Morgan fingerprint density at radius 3 is 2.50 bits per heavy atom. The summed E-state index contributed by atoms with van der Waals surface area (Å²) in [5.74, 6) is 0.924. The number of hydrogen-bond acceptors (Lipinski definition) is 2. The lowest BCUT2D eigenvalue weighted by Crippen LogP contribution is -2.35. The summed E-state index contributed by atoms with van der Waals surface area (Å²) in [7, 11) is 2.01. The second-order valence-corrected chi connectivity index (χ2v) is 5.20. The number of hydrogen-bond donors (Lipinski definition) is 1. The van der Waals surface area contributed by atoms with Gasteiger partial charge in [0.15, 0.2) is 0 Å². The zero-order valence-electron chi connectivity index (χ0n) is 9.51. The molecule has 1 unspecified atom stereocenters. The van der Waals surface area contributed by atoms with Gasteiger partial charge < -0.3 is 10.1 Å². The highest BCUT2D eigenvalue weighted by Gasteiger charge is 2.41. The average Bonchev–Trinajstić information content (AvgIpc) is 2.56. The standard InChI is InChI=1S/C12H23NO/c1-10-3-6-12(7-4-10)8-5-11(14-12)9-13-2/h10-11,13H,3-9H2,1-2H3. The predicted octanol–water partition coefficient (Wildman–Crippen LogP) is 2.33. The van der Waals surface area contributed by atoms with E-state index in [1.165, 1.54) is 38.5 Å². The molecule has 0 bridgehead atoms. The molecule has 0 aromatic heterocycles. The Hall–Kier alpha value is -0.0800. The number of likely N-dealkylation sites (N-methyl/N-ethyl adjacent to an activating group) is 1. The molecule has 2 rings (SSSR count). The molecule has 2 aliphatic rings. The van der Waals surface area contributed by atoms with Crippen molar-refractivity contribution in [2.45, 2.75) is 57.2 Å².